The smallest absolute Gasteiger partial charge is 0.319 e. The number of fused-ring (bicyclic) bond motifs is 1. The third-order valence-corrected chi connectivity index (χ3v) is 6.38. The van der Waals surface area contributed by atoms with Gasteiger partial charge in [-0.25, -0.2) is 4.79 Å². The Morgan fingerprint density at radius 1 is 1.17 bits per heavy atom. The van der Waals surface area contributed by atoms with Crippen molar-refractivity contribution in [3.05, 3.63) is 53.7 Å². The molecule has 0 atom stereocenters. The van der Waals surface area contributed by atoms with Gasteiger partial charge in [-0.2, -0.15) is 5.26 Å². The van der Waals surface area contributed by atoms with Crippen LogP contribution in [0, 0.1) is 18.3 Å². The van der Waals surface area contributed by atoms with Crippen molar-refractivity contribution in [1.82, 2.24) is 15.2 Å². The van der Waals surface area contributed by atoms with E-state index in [1.54, 1.807) is 30.5 Å². The fourth-order valence-electron chi connectivity index (χ4n) is 4.23. The molecule has 8 nitrogen and oxygen atoms in total. The van der Waals surface area contributed by atoms with Crippen molar-refractivity contribution >= 4 is 22.6 Å². The summed E-state index contributed by atoms with van der Waals surface area (Å²) < 4.78 is 12.1. The molecule has 0 spiro atoms. The van der Waals surface area contributed by atoms with Gasteiger partial charge in [-0.15, -0.1) is 0 Å². The molecule has 2 amide bonds. The average molecular weight is 472 g/mol. The Bertz CT molecular complexity index is 1280. The number of pyridine rings is 1. The number of hydrogen-bond acceptors (Lipinski definition) is 6. The summed E-state index contributed by atoms with van der Waals surface area (Å²) in [6.45, 7) is 5.53. The molecule has 2 N–H and O–H groups in total. The lowest BCUT2D eigenvalue weighted by atomic mass is 10.1. The van der Waals surface area contributed by atoms with Crippen molar-refractivity contribution in [2.45, 2.75) is 38.6 Å². The summed E-state index contributed by atoms with van der Waals surface area (Å²) >= 11 is 0. The first-order valence-electron chi connectivity index (χ1n) is 12.1. The van der Waals surface area contributed by atoms with Crippen LogP contribution < -0.4 is 20.1 Å². The lowest BCUT2D eigenvalue weighted by Crippen LogP contribution is -2.30. The van der Waals surface area contributed by atoms with Crippen molar-refractivity contribution in [2.75, 3.05) is 31.6 Å². The zero-order valence-corrected chi connectivity index (χ0v) is 19.8. The summed E-state index contributed by atoms with van der Waals surface area (Å²) in [5.74, 6) is 1.69. The van der Waals surface area contributed by atoms with E-state index in [2.05, 4.69) is 26.6 Å². The Labute approximate surface area is 204 Å². The first kappa shape index (κ1) is 22.9. The van der Waals surface area contributed by atoms with Crippen LogP contribution in [0.3, 0.4) is 0 Å². The first-order valence-corrected chi connectivity index (χ1v) is 12.1. The maximum atomic E-state index is 12.2. The van der Waals surface area contributed by atoms with E-state index in [-0.39, 0.29) is 12.1 Å². The van der Waals surface area contributed by atoms with E-state index in [9.17, 15) is 10.1 Å². The van der Waals surface area contributed by atoms with Crippen LogP contribution >= 0.6 is 0 Å². The van der Waals surface area contributed by atoms with Crippen LogP contribution in [0.1, 0.15) is 36.8 Å². The molecule has 2 aliphatic rings. The van der Waals surface area contributed by atoms with Crippen LogP contribution in [0.4, 0.5) is 10.5 Å². The highest BCUT2D eigenvalue weighted by Gasteiger charge is 2.23. The minimum Gasteiger partial charge on any atom is -0.491 e. The summed E-state index contributed by atoms with van der Waals surface area (Å²) in [5, 5.41) is 16.3. The Morgan fingerprint density at radius 3 is 2.77 bits per heavy atom. The molecule has 35 heavy (non-hydrogen) atoms. The number of anilines is 1. The van der Waals surface area contributed by atoms with E-state index in [0.717, 1.165) is 43.4 Å². The third kappa shape index (κ3) is 5.64. The number of nitriles is 1. The largest absolute Gasteiger partial charge is 0.491 e. The number of aromatic nitrogens is 1. The molecule has 2 fully saturated rings. The molecule has 0 unspecified atom stereocenters. The van der Waals surface area contributed by atoms with Gasteiger partial charge in [0.15, 0.2) is 0 Å². The fourth-order valence-corrected chi connectivity index (χ4v) is 4.23. The SMILES string of the molecule is Cc1ccc(Oc2ccnc3cc(OCCN4CCCC4)c(C#N)cc23)cc1NC(=O)NC1CC1. The number of urea groups is 1. The number of aryl methyl sites for hydroxylation is 1. The minimum atomic E-state index is -0.210. The lowest BCUT2D eigenvalue weighted by molar-refractivity contribution is 0.237. The van der Waals surface area contributed by atoms with Crippen molar-refractivity contribution in [3.8, 4) is 23.3 Å². The average Bonchev–Trinajstić information content (AvgIpc) is 3.51. The summed E-state index contributed by atoms with van der Waals surface area (Å²) in [6, 6.07) is 13.2. The molecule has 8 heteroatoms. The number of amides is 2. The van der Waals surface area contributed by atoms with Gasteiger partial charge in [0, 0.05) is 42.0 Å². The second kappa shape index (κ2) is 10.2. The molecule has 180 valence electrons. The van der Waals surface area contributed by atoms with Crippen LogP contribution in [-0.2, 0) is 0 Å². The summed E-state index contributed by atoms with van der Waals surface area (Å²) in [5.41, 5.74) is 2.75. The maximum Gasteiger partial charge on any atom is 0.319 e. The predicted molar refractivity (Wildman–Crippen MR) is 134 cm³/mol. The molecule has 2 aromatic carbocycles. The van der Waals surface area contributed by atoms with Gasteiger partial charge in [0.2, 0.25) is 0 Å². The number of ether oxygens (including phenoxy) is 2. The number of benzene rings is 2. The lowest BCUT2D eigenvalue weighted by Gasteiger charge is -2.16. The van der Waals surface area contributed by atoms with E-state index in [1.165, 1.54) is 12.8 Å². The highest BCUT2D eigenvalue weighted by Crippen LogP contribution is 2.34. The third-order valence-electron chi connectivity index (χ3n) is 6.38. The molecular weight excluding hydrogens is 442 g/mol. The number of rotatable bonds is 8. The molecule has 1 saturated heterocycles. The monoisotopic (exact) mass is 471 g/mol. The van der Waals surface area contributed by atoms with E-state index in [1.807, 2.05) is 19.1 Å². The van der Waals surface area contributed by atoms with Crippen LogP contribution in [0.25, 0.3) is 10.9 Å². The Morgan fingerprint density at radius 2 is 2.00 bits per heavy atom. The van der Waals surface area contributed by atoms with Gasteiger partial charge in [0.05, 0.1) is 11.1 Å². The fraction of sp³-hybridized carbons (Fsp3) is 0.370. The van der Waals surface area contributed by atoms with Crippen LogP contribution in [0.15, 0.2) is 42.6 Å². The summed E-state index contributed by atoms with van der Waals surface area (Å²) in [7, 11) is 0. The van der Waals surface area contributed by atoms with E-state index in [4.69, 9.17) is 9.47 Å². The minimum absolute atomic E-state index is 0.210. The number of nitrogens with zero attached hydrogens (tertiary/aromatic N) is 3. The van der Waals surface area contributed by atoms with Crippen molar-refractivity contribution < 1.29 is 14.3 Å². The molecule has 3 aromatic rings. The molecule has 0 bridgehead atoms. The number of nitrogens with one attached hydrogen (secondary N) is 2. The van der Waals surface area contributed by atoms with Gasteiger partial charge in [-0.3, -0.25) is 9.88 Å². The molecule has 1 aromatic heterocycles. The van der Waals surface area contributed by atoms with Gasteiger partial charge in [0.25, 0.3) is 0 Å². The van der Waals surface area contributed by atoms with E-state index in [0.29, 0.717) is 40.6 Å². The molecule has 1 aliphatic heterocycles. The summed E-state index contributed by atoms with van der Waals surface area (Å²) in [4.78, 5) is 19.0. The number of carbonyl (C=O) groups excluding carboxylic acids is 1. The maximum absolute atomic E-state index is 12.2. The van der Waals surface area contributed by atoms with Crippen molar-refractivity contribution in [3.63, 3.8) is 0 Å². The molecule has 1 saturated carbocycles. The van der Waals surface area contributed by atoms with Gasteiger partial charge in [0.1, 0.15) is 29.9 Å². The number of likely N-dealkylation sites (tertiary alicyclic amines) is 1. The van der Waals surface area contributed by atoms with E-state index < -0.39 is 0 Å². The molecule has 1 aliphatic carbocycles. The van der Waals surface area contributed by atoms with Crippen LogP contribution in [-0.4, -0.2) is 48.2 Å². The first-order chi connectivity index (χ1) is 17.1. The summed E-state index contributed by atoms with van der Waals surface area (Å²) in [6.07, 6.45) is 6.20. The second-order valence-electron chi connectivity index (χ2n) is 9.14. The highest BCUT2D eigenvalue weighted by molar-refractivity contribution is 5.91. The quantitative estimate of drug-likeness (QED) is 0.481. The zero-order chi connectivity index (χ0) is 24.2. The van der Waals surface area contributed by atoms with Gasteiger partial charge in [-0.05, 0) is 69.5 Å². The molecule has 2 heterocycles. The standard InChI is InChI=1S/C27H29N5O3/c1-18-4-7-21(15-23(18)31-27(33)30-20-5-6-20)35-25-8-9-29-24-16-26(19(17-28)14-22(24)25)34-13-12-32-10-2-3-11-32/h4,7-9,14-16,20H,2-3,5-6,10-13H2,1H3,(H2,30,31,33). The number of hydrogen-bond donors (Lipinski definition) is 2. The Hall–Kier alpha value is -3.83. The van der Waals surface area contributed by atoms with Gasteiger partial charge in [-0.1, -0.05) is 6.07 Å². The zero-order valence-electron chi connectivity index (χ0n) is 19.8. The number of carbonyl (C=O) groups is 1. The van der Waals surface area contributed by atoms with Crippen molar-refractivity contribution in [1.29, 1.82) is 5.26 Å². The van der Waals surface area contributed by atoms with Gasteiger partial charge >= 0.3 is 6.03 Å². The van der Waals surface area contributed by atoms with Crippen LogP contribution in [0.5, 0.6) is 17.2 Å². The normalized spacial score (nSPS) is 15.5. The molecule has 5 rings (SSSR count). The van der Waals surface area contributed by atoms with Crippen LogP contribution in [0.2, 0.25) is 0 Å². The topological polar surface area (TPSA) is 99.5 Å². The Balaban J connectivity index is 1.34. The highest BCUT2D eigenvalue weighted by atomic mass is 16.5. The van der Waals surface area contributed by atoms with E-state index >= 15 is 0 Å². The molecule has 0 radical (unpaired) electrons. The van der Waals surface area contributed by atoms with Crippen molar-refractivity contribution in [2.24, 2.45) is 0 Å². The van der Waals surface area contributed by atoms with Gasteiger partial charge < -0.3 is 20.1 Å². The molecular formula is C27H29N5O3. The predicted octanol–water partition coefficient (Wildman–Crippen LogP) is 4.97. The second-order valence-corrected chi connectivity index (χ2v) is 9.14. The Kier molecular flexibility index (Phi) is 6.68.